The fourth-order valence-corrected chi connectivity index (χ4v) is 3.06. The number of nitrogens with zero attached hydrogens (tertiary/aromatic N) is 1. The van der Waals surface area contributed by atoms with Gasteiger partial charge in [-0.1, -0.05) is 54.6 Å². The number of hydrogen-bond acceptors (Lipinski definition) is 3. The molecule has 3 nitrogen and oxygen atoms in total. The van der Waals surface area contributed by atoms with Gasteiger partial charge in [-0.25, -0.2) is 0 Å². The van der Waals surface area contributed by atoms with Gasteiger partial charge in [-0.05, 0) is 31.6 Å². The summed E-state index contributed by atoms with van der Waals surface area (Å²) in [4.78, 5) is 2.11. The van der Waals surface area contributed by atoms with E-state index in [0.29, 0.717) is 12.4 Å². The van der Waals surface area contributed by atoms with Crippen molar-refractivity contribution in [2.75, 3.05) is 20.7 Å². The first kappa shape index (κ1) is 16.3. The molecule has 0 bridgehead atoms. The molecule has 0 fully saturated rings. The summed E-state index contributed by atoms with van der Waals surface area (Å²) >= 11 is 0. The maximum absolute atomic E-state index is 10.1. The second-order valence-corrected chi connectivity index (χ2v) is 6.15. The molecule has 0 saturated carbocycles. The van der Waals surface area contributed by atoms with Crippen LogP contribution in [-0.2, 0) is 0 Å². The van der Waals surface area contributed by atoms with Crippen molar-refractivity contribution in [2.24, 2.45) is 0 Å². The van der Waals surface area contributed by atoms with E-state index in [1.54, 1.807) is 6.07 Å². The molecule has 3 heteroatoms. The highest BCUT2D eigenvalue weighted by molar-refractivity contribution is 5.88. The number of rotatable bonds is 6. The normalized spacial score (nSPS) is 12.5. The zero-order valence-corrected chi connectivity index (χ0v) is 14.1. The monoisotopic (exact) mass is 321 g/mol. The third-order valence-electron chi connectivity index (χ3n) is 4.32. The topological polar surface area (TPSA) is 32.7 Å². The van der Waals surface area contributed by atoms with Crippen molar-refractivity contribution in [1.29, 1.82) is 0 Å². The molecule has 3 aromatic rings. The lowest BCUT2D eigenvalue weighted by molar-refractivity contribution is 0.221. The number of fused-ring (bicyclic) bond motifs is 1. The summed E-state index contributed by atoms with van der Waals surface area (Å²) in [7, 11) is 4.05. The van der Waals surface area contributed by atoms with E-state index >= 15 is 0 Å². The van der Waals surface area contributed by atoms with Crippen molar-refractivity contribution in [3.63, 3.8) is 0 Å². The Balaban J connectivity index is 1.73. The van der Waals surface area contributed by atoms with Gasteiger partial charge < -0.3 is 14.7 Å². The maximum Gasteiger partial charge on any atom is 0.127 e. The van der Waals surface area contributed by atoms with Crippen LogP contribution in [0.2, 0.25) is 0 Å². The predicted octanol–water partition coefficient (Wildman–Crippen LogP) is 4.62. The van der Waals surface area contributed by atoms with Gasteiger partial charge in [0.15, 0.2) is 0 Å². The van der Waals surface area contributed by atoms with Crippen LogP contribution in [0, 0.1) is 0 Å². The number of hydrogen-bond donors (Lipinski definition) is 1. The number of phenolic OH excluding ortho intramolecular Hbond substituents is 1. The average molecular weight is 321 g/mol. The molecule has 1 N–H and O–H groups in total. The Labute approximate surface area is 143 Å². The summed E-state index contributed by atoms with van der Waals surface area (Å²) in [6.07, 6.45) is 0.799. The highest BCUT2D eigenvalue weighted by atomic mass is 16.5. The number of benzene rings is 3. The van der Waals surface area contributed by atoms with Gasteiger partial charge >= 0.3 is 0 Å². The van der Waals surface area contributed by atoms with Gasteiger partial charge in [0, 0.05) is 23.4 Å². The zero-order valence-electron chi connectivity index (χ0n) is 14.1. The summed E-state index contributed by atoms with van der Waals surface area (Å²) in [6, 6.07) is 22.0. The molecule has 0 spiro atoms. The summed E-state index contributed by atoms with van der Waals surface area (Å²) in [5.41, 5.74) is 0.934. The van der Waals surface area contributed by atoms with Crippen LogP contribution in [0.3, 0.4) is 0 Å². The number of phenols is 1. The number of para-hydroxylation sites is 1. The molecule has 0 saturated heterocycles. The van der Waals surface area contributed by atoms with E-state index in [4.69, 9.17) is 4.74 Å². The second kappa shape index (κ2) is 7.37. The van der Waals surface area contributed by atoms with E-state index in [1.807, 2.05) is 56.6 Å². The average Bonchev–Trinajstić information content (AvgIpc) is 2.59. The summed E-state index contributed by atoms with van der Waals surface area (Å²) in [5.74, 6) is 1.24. The predicted molar refractivity (Wildman–Crippen MR) is 98.6 cm³/mol. The first-order valence-corrected chi connectivity index (χ1v) is 8.21. The smallest absolute Gasteiger partial charge is 0.127 e. The van der Waals surface area contributed by atoms with Gasteiger partial charge in [-0.3, -0.25) is 0 Å². The van der Waals surface area contributed by atoms with Crippen molar-refractivity contribution in [2.45, 2.75) is 12.5 Å². The minimum absolute atomic E-state index is 0.112. The van der Waals surface area contributed by atoms with Crippen molar-refractivity contribution in [1.82, 2.24) is 4.90 Å². The molecule has 0 heterocycles. The molecule has 0 amide bonds. The highest BCUT2D eigenvalue weighted by Gasteiger charge is 2.17. The van der Waals surface area contributed by atoms with Crippen LogP contribution in [0.4, 0.5) is 0 Å². The third kappa shape index (κ3) is 3.52. The van der Waals surface area contributed by atoms with Crippen LogP contribution in [0.5, 0.6) is 11.5 Å². The molecule has 3 aromatic carbocycles. The molecule has 0 radical (unpaired) electrons. The van der Waals surface area contributed by atoms with Crippen LogP contribution < -0.4 is 4.74 Å². The Hall–Kier alpha value is -2.52. The van der Waals surface area contributed by atoms with Crippen molar-refractivity contribution in [3.8, 4) is 11.5 Å². The Morgan fingerprint density at radius 1 is 0.917 bits per heavy atom. The Morgan fingerprint density at radius 2 is 1.62 bits per heavy atom. The molecule has 1 atom stereocenters. The summed E-state index contributed by atoms with van der Waals surface area (Å²) in [5, 5.41) is 12.4. The molecule has 24 heavy (non-hydrogen) atoms. The molecule has 124 valence electrons. The van der Waals surface area contributed by atoms with Crippen LogP contribution in [0.25, 0.3) is 10.8 Å². The van der Waals surface area contributed by atoms with Gasteiger partial charge in [0.1, 0.15) is 11.5 Å². The quantitative estimate of drug-likeness (QED) is 0.719. The third-order valence-corrected chi connectivity index (χ3v) is 4.32. The molecule has 0 aliphatic carbocycles. The van der Waals surface area contributed by atoms with Crippen LogP contribution >= 0.6 is 0 Å². The van der Waals surface area contributed by atoms with E-state index in [9.17, 15) is 5.11 Å². The zero-order chi connectivity index (χ0) is 16.9. The highest BCUT2D eigenvalue weighted by Crippen LogP contribution is 2.30. The fraction of sp³-hybridized carbons (Fsp3) is 0.238. The Bertz CT molecular complexity index is 808. The van der Waals surface area contributed by atoms with Gasteiger partial charge in [0.2, 0.25) is 0 Å². The number of aromatic hydroxyl groups is 1. The largest absolute Gasteiger partial charge is 0.508 e. The fourth-order valence-electron chi connectivity index (χ4n) is 3.06. The molecular weight excluding hydrogens is 298 g/mol. The van der Waals surface area contributed by atoms with Crippen molar-refractivity contribution >= 4 is 10.8 Å². The molecule has 0 aromatic heterocycles. The van der Waals surface area contributed by atoms with Gasteiger partial charge in [0.05, 0.1) is 6.61 Å². The van der Waals surface area contributed by atoms with Gasteiger partial charge in [0.25, 0.3) is 0 Å². The lowest BCUT2D eigenvalue weighted by Gasteiger charge is -2.25. The SMILES string of the molecule is CN(C)C(CCOc1cccc2ccccc12)c1ccccc1O. The standard InChI is InChI=1S/C21H23NO2/c1-22(2)19(18-11-5-6-12-20(18)23)14-15-24-21-13-7-9-16-8-3-4-10-17(16)21/h3-13,19,23H,14-15H2,1-2H3. The molecule has 0 aliphatic heterocycles. The van der Waals surface area contributed by atoms with E-state index in [-0.39, 0.29) is 6.04 Å². The molecular formula is C21H23NO2. The maximum atomic E-state index is 10.1. The van der Waals surface area contributed by atoms with Crippen molar-refractivity contribution in [3.05, 3.63) is 72.3 Å². The Morgan fingerprint density at radius 3 is 2.42 bits per heavy atom. The lowest BCUT2D eigenvalue weighted by Crippen LogP contribution is -2.22. The summed E-state index contributed by atoms with van der Waals surface area (Å²) in [6.45, 7) is 0.588. The molecule has 3 rings (SSSR count). The van der Waals surface area contributed by atoms with Gasteiger partial charge in [-0.2, -0.15) is 0 Å². The Kier molecular flexibility index (Phi) is 5.02. The van der Waals surface area contributed by atoms with Crippen LogP contribution in [-0.4, -0.2) is 30.7 Å². The second-order valence-electron chi connectivity index (χ2n) is 6.15. The van der Waals surface area contributed by atoms with E-state index in [0.717, 1.165) is 23.1 Å². The first-order chi connectivity index (χ1) is 11.7. The minimum Gasteiger partial charge on any atom is -0.508 e. The first-order valence-electron chi connectivity index (χ1n) is 8.21. The van der Waals surface area contributed by atoms with Crippen molar-refractivity contribution < 1.29 is 9.84 Å². The van der Waals surface area contributed by atoms with E-state index < -0.39 is 0 Å². The van der Waals surface area contributed by atoms with E-state index in [1.165, 1.54) is 5.39 Å². The number of ether oxygens (including phenoxy) is 1. The van der Waals surface area contributed by atoms with Crippen LogP contribution in [0.15, 0.2) is 66.7 Å². The van der Waals surface area contributed by atoms with E-state index in [2.05, 4.69) is 23.1 Å². The van der Waals surface area contributed by atoms with Gasteiger partial charge in [-0.15, -0.1) is 0 Å². The molecule has 1 unspecified atom stereocenters. The minimum atomic E-state index is 0.112. The molecule has 0 aliphatic rings. The lowest BCUT2D eigenvalue weighted by atomic mass is 10.0. The summed E-state index contributed by atoms with van der Waals surface area (Å²) < 4.78 is 6.05. The van der Waals surface area contributed by atoms with Crippen LogP contribution in [0.1, 0.15) is 18.0 Å².